The average Bonchev–Trinajstić information content (AvgIpc) is 3.21. The van der Waals surface area contributed by atoms with Gasteiger partial charge >= 0.3 is 11.6 Å². The smallest absolute Gasteiger partial charge is 0.340 e. The fourth-order valence-corrected chi connectivity index (χ4v) is 4.04. The van der Waals surface area contributed by atoms with Crippen molar-refractivity contribution in [1.82, 2.24) is 5.32 Å². The van der Waals surface area contributed by atoms with Crippen molar-refractivity contribution in [2.75, 3.05) is 0 Å². The van der Waals surface area contributed by atoms with Crippen LogP contribution in [0.5, 0.6) is 0 Å². The van der Waals surface area contributed by atoms with E-state index in [2.05, 4.69) is 5.32 Å². The Labute approximate surface area is 194 Å². The molecule has 0 fully saturated rings. The molecule has 2 aromatic heterocycles. The first-order valence-electron chi connectivity index (χ1n) is 10.9. The van der Waals surface area contributed by atoms with E-state index in [4.69, 9.17) is 8.83 Å². The minimum atomic E-state index is -1.12. The molecule has 0 radical (unpaired) electrons. The van der Waals surface area contributed by atoms with E-state index in [1.165, 1.54) is 12.1 Å². The largest absolute Gasteiger partial charge is 0.480 e. The van der Waals surface area contributed by atoms with Gasteiger partial charge in [0.2, 0.25) is 5.91 Å². The number of rotatable bonds is 7. The minimum Gasteiger partial charge on any atom is -0.480 e. The molecule has 0 saturated carbocycles. The molecule has 7 nitrogen and oxygen atoms in total. The summed E-state index contributed by atoms with van der Waals surface area (Å²) in [5.41, 5.74) is 2.37. The van der Waals surface area contributed by atoms with Crippen LogP contribution in [0.1, 0.15) is 31.4 Å². The molecule has 4 aromatic rings. The lowest BCUT2D eigenvalue weighted by Gasteiger charge is -2.20. The second kappa shape index (κ2) is 9.13. The summed E-state index contributed by atoms with van der Waals surface area (Å²) in [7, 11) is 0. The monoisotopic (exact) mass is 465 g/mol. The van der Waals surface area contributed by atoms with Gasteiger partial charge in [-0.3, -0.25) is 4.79 Å². The molecule has 4 rings (SSSR count). The lowest BCUT2D eigenvalue weighted by molar-refractivity contribution is -0.143. The molecule has 0 aliphatic heterocycles. The molecular formula is C26H24FNO6. The SMILES string of the molecule is CC[C@@H](C)[C@H](NC(=O)Cc1c(C)c2cc3c(-c4ccc(F)cc4)coc3cc2oc1=O)C(=O)O. The molecule has 0 spiro atoms. The molecule has 0 aliphatic carbocycles. The van der Waals surface area contributed by atoms with Crippen molar-refractivity contribution in [1.29, 1.82) is 0 Å². The first kappa shape index (κ1) is 23.2. The molecule has 0 saturated heterocycles. The highest BCUT2D eigenvalue weighted by Crippen LogP contribution is 2.34. The van der Waals surface area contributed by atoms with Crippen molar-refractivity contribution in [3.05, 3.63) is 70.0 Å². The molecule has 34 heavy (non-hydrogen) atoms. The Balaban J connectivity index is 1.74. The van der Waals surface area contributed by atoms with E-state index in [9.17, 15) is 23.9 Å². The van der Waals surface area contributed by atoms with Gasteiger partial charge in [0.25, 0.3) is 0 Å². The van der Waals surface area contributed by atoms with E-state index in [1.807, 2.05) is 13.0 Å². The van der Waals surface area contributed by atoms with Crippen molar-refractivity contribution in [2.24, 2.45) is 5.92 Å². The maximum absolute atomic E-state index is 13.3. The number of aryl methyl sites for hydroxylation is 1. The number of aliphatic carboxylic acids is 1. The summed E-state index contributed by atoms with van der Waals surface area (Å²) < 4.78 is 24.5. The van der Waals surface area contributed by atoms with Crippen molar-refractivity contribution >= 4 is 33.8 Å². The van der Waals surface area contributed by atoms with E-state index >= 15 is 0 Å². The zero-order chi connectivity index (χ0) is 24.6. The van der Waals surface area contributed by atoms with Crippen LogP contribution in [0.3, 0.4) is 0 Å². The first-order valence-corrected chi connectivity index (χ1v) is 10.9. The Hall–Kier alpha value is -3.94. The van der Waals surface area contributed by atoms with Crippen LogP contribution >= 0.6 is 0 Å². The number of furan rings is 1. The predicted molar refractivity (Wildman–Crippen MR) is 125 cm³/mol. The summed E-state index contributed by atoms with van der Waals surface area (Å²) in [6.07, 6.45) is 1.82. The van der Waals surface area contributed by atoms with Gasteiger partial charge in [-0.25, -0.2) is 14.0 Å². The normalized spacial score (nSPS) is 13.2. The van der Waals surface area contributed by atoms with Crippen molar-refractivity contribution in [3.8, 4) is 11.1 Å². The molecule has 0 aliphatic rings. The minimum absolute atomic E-state index is 0.157. The Morgan fingerprint density at radius 3 is 2.47 bits per heavy atom. The van der Waals surface area contributed by atoms with Gasteiger partial charge in [-0.05, 0) is 42.2 Å². The Morgan fingerprint density at radius 2 is 1.82 bits per heavy atom. The summed E-state index contributed by atoms with van der Waals surface area (Å²) in [4.78, 5) is 36.8. The van der Waals surface area contributed by atoms with Gasteiger partial charge in [-0.2, -0.15) is 0 Å². The Kier molecular flexibility index (Phi) is 6.24. The number of carboxylic acid groups (broad SMARTS) is 1. The number of hydrogen-bond acceptors (Lipinski definition) is 5. The van der Waals surface area contributed by atoms with Crippen LogP contribution in [0.4, 0.5) is 4.39 Å². The highest BCUT2D eigenvalue weighted by Gasteiger charge is 2.26. The molecular weight excluding hydrogens is 441 g/mol. The van der Waals surface area contributed by atoms with E-state index in [-0.39, 0.29) is 23.7 Å². The molecule has 2 heterocycles. The molecule has 2 N–H and O–H groups in total. The molecule has 176 valence electrons. The number of nitrogens with one attached hydrogen (secondary N) is 1. The number of carbonyl (C=O) groups is 2. The van der Waals surface area contributed by atoms with E-state index in [1.54, 1.807) is 38.3 Å². The fourth-order valence-electron chi connectivity index (χ4n) is 4.04. The van der Waals surface area contributed by atoms with Crippen LogP contribution in [0.15, 0.2) is 56.3 Å². The van der Waals surface area contributed by atoms with Gasteiger partial charge in [-0.1, -0.05) is 32.4 Å². The highest BCUT2D eigenvalue weighted by molar-refractivity contribution is 6.02. The number of carboxylic acids is 1. The molecule has 1 amide bonds. The molecule has 2 aromatic carbocycles. The number of halogens is 1. The van der Waals surface area contributed by atoms with Crippen molar-refractivity contribution in [3.63, 3.8) is 0 Å². The number of fused-ring (bicyclic) bond motifs is 2. The summed E-state index contributed by atoms with van der Waals surface area (Å²) in [5.74, 6) is -2.31. The van der Waals surface area contributed by atoms with Gasteiger partial charge in [0.05, 0.1) is 18.2 Å². The third-order valence-electron chi connectivity index (χ3n) is 6.27. The van der Waals surface area contributed by atoms with Gasteiger partial charge in [0.1, 0.15) is 23.0 Å². The van der Waals surface area contributed by atoms with Crippen LogP contribution in [0.2, 0.25) is 0 Å². The quantitative estimate of drug-likeness (QED) is 0.379. The van der Waals surface area contributed by atoms with Crippen molar-refractivity contribution < 1.29 is 27.9 Å². The summed E-state index contributed by atoms with van der Waals surface area (Å²) >= 11 is 0. The summed E-state index contributed by atoms with van der Waals surface area (Å²) in [5, 5.41) is 13.3. The lowest BCUT2D eigenvalue weighted by atomic mass is 9.97. The zero-order valence-corrected chi connectivity index (χ0v) is 19.0. The Bertz CT molecular complexity index is 1450. The van der Waals surface area contributed by atoms with Crippen LogP contribution < -0.4 is 10.9 Å². The topological polar surface area (TPSA) is 110 Å². The summed E-state index contributed by atoms with van der Waals surface area (Å²) in [6.45, 7) is 5.30. The van der Waals surface area contributed by atoms with Crippen LogP contribution in [0, 0.1) is 18.7 Å². The van der Waals surface area contributed by atoms with Gasteiger partial charge in [-0.15, -0.1) is 0 Å². The van der Waals surface area contributed by atoms with Crippen molar-refractivity contribution in [2.45, 2.75) is 39.7 Å². The van der Waals surface area contributed by atoms with E-state index in [0.29, 0.717) is 28.5 Å². The van der Waals surface area contributed by atoms with Gasteiger partial charge in [0, 0.05) is 22.4 Å². The number of amides is 1. The van der Waals surface area contributed by atoms with Crippen LogP contribution in [0.25, 0.3) is 33.1 Å². The maximum atomic E-state index is 13.3. The average molecular weight is 465 g/mol. The van der Waals surface area contributed by atoms with E-state index < -0.39 is 23.5 Å². The molecule has 2 atom stereocenters. The fraction of sp³-hybridized carbons (Fsp3) is 0.269. The second-order valence-corrected chi connectivity index (χ2v) is 8.44. The summed E-state index contributed by atoms with van der Waals surface area (Å²) in [6, 6.07) is 8.39. The van der Waals surface area contributed by atoms with Crippen LogP contribution in [-0.4, -0.2) is 23.0 Å². The lowest BCUT2D eigenvalue weighted by Crippen LogP contribution is -2.45. The predicted octanol–water partition coefficient (Wildman–Crippen LogP) is 4.81. The van der Waals surface area contributed by atoms with Gasteiger partial charge in [0.15, 0.2) is 0 Å². The number of carbonyl (C=O) groups excluding carboxylic acids is 1. The zero-order valence-electron chi connectivity index (χ0n) is 19.0. The molecule has 8 heteroatoms. The maximum Gasteiger partial charge on any atom is 0.340 e. The standard InChI is InChI=1S/C26H24FNO6/c1-4-13(2)24(25(30)31)28-23(29)10-18-14(3)17-9-19-20(15-5-7-16(27)8-6-15)12-33-21(19)11-22(17)34-26(18)32/h5-9,11-13,24H,4,10H2,1-3H3,(H,28,29)(H,30,31)/t13-,24+/m1/s1. The molecule has 0 unspecified atom stereocenters. The molecule has 0 bridgehead atoms. The first-order chi connectivity index (χ1) is 16.2. The third-order valence-corrected chi connectivity index (χ3v) is 6.27. The third kappa shape index (κ3) is 4.31. The number of benzene rings is 2. The van der Waals surface area contributed by atoms with E-state index in [0.717, 1.165) is 16.5 Å². The van der Waals surface area contributed by atoms with Crippen LogP contribution in [-0.2, 0) is 16.0 Å². The van der Waals surface area contributed by atoms with Gasteiger partial charge < -0.3 is 19.3 Å². The second-order valence-electron chi connectivity index (χ2n) is 8.44. The number of hydrogen-bond donors (Lipinski definition) is 2. The highest BCUT2D eigenvalue weighted by atomic mass is 19.1. The Morgan fingerprint density at radius 1 is 1.12 bits per heavy atom.